The molecular formula is C20H24N2O2. The quantitative estimate of drug-likeness (QED) is 0.732. The van der Waals surface area contributed by atoms with Crippen molar-refractivity contribution in [1.29, 1.82) is 0 Å². The molecule has 1 saturated carbocycles. The fourth-order valence-corrected chi connectivity index (χ4v) is 7.76. The monoisotopic (exact) mass is 324 g/mol. The highest BCUT2D eigenvalue weighted by atomic mass is 16.7. The van der Waals surface area contributed by atoms with Gasteiger partial charge in [-0.3, -0.25) is 4.90 Å². The van der Waals surface area contributed by atoms with E-state index in [0.717, 1.165) is 17.5 Å². The summed E-state index contributed by atoms with van der Waals surface area (Å²) in [6.07, 6.45) is 8.42. The molecule has 1 aromatic carbocycles. The molecule has 4 atom stereocenters. The Hall–Kier alpha value is -1.42. The third kappa shape index (κ3) is 1.19. The van der Waals surface area contributed by atoms with E-state index in [-0.39, 0.29) is 0 Å². The van der Waals surface area contributed by atoms with Crippen molar-refractivity contribution in [2.75, 3.05) is 31.3 Å². The van der Waals surface area contributed by atoms with Crippen LogP contribution in [-0.2, 0) is 0 Å². The molecule has 4 heteroatoms. The first-order valence-electron chi connectivity index (χ1n) is 9.77. The van der Waals surface area contributed by atoms with Gasteiger partial charge in [-0.1, -0.05) is 0 Å². The van der Waals surface area contributed by atoms with E-state index in [1.165, 1.54) is 63.8 Å². The van der Waals surface area contributed by atoms with Crippen molar-refractivity contribution in [3.8, 4) is 11.5 Å². The fourth-order valence-electron chi connectivity index (χ4n) is 7.76. The Morgan fingerprint density at radius 3 is 2.83 bits per heavy atom. The Kier molecular flexibility index (Phi) is 2.08. The van der Waals surface area contributed by atoms with Crippen molar-refractivity contribution in [2.45, 2.75) is 56.0 Å². The van der Waals surface area contributed by atoms with Crippen LogP contribution in [0.1, 0.15) is 50.0 Å². The summed E-state index contributed by atoms with van der Waals surface area (Å²) in [6.45, 7) is 4.25. The smallest absolute Gasteiger partial charge is 0.231 e. The number of hydrogen-bond acceptors (Lipinski definition) is 4. The van der Waals surface area contributed by atoms with Crippen LogP contribution in [0.4, 0.5) is 5.69 Å². The molecule has 0 N–H and O–H groups in total. The van der Waals surface area contributed by atoms with Crippen molar-refractivity contribution in [3.63, 3.8) is 0 Å². The van der Waals surface area contributed by atoms with Crippen LogP contribution in [0.5, 0.6) is 11.5 Å². The van der Waals surface area contributed by atoms with Gasteiger partial charge < -0.3 is 14.4 Å². The van der Waals surface area contributed by atoms with Crippen LogP contribution in [0.15, 0.2) is 12.1 Å². The zero-order valence-electron chi connectivity index (χ0n) is 14.1. The maximum absolute atomic E-state index is 5.71. The Balaban J connectivity index is 1.47. The summed E-state index contributed by atoms with van der Waals surface area (Å²) in [6, 6.07) is 5.41. The molecule has 5 heterocycles. The number of rotatable bonds is 0. The van der Waals surface area contributed by atoms with Gasteiger partial charge in [-0.25, -0.2) is 0 Å². The minimum absolute atomic E-state index is 0.369. The Morgan fingerprint density at radius 2 is 1.88 bits per heavy atom. The van der Waals surface area contributed by atoms with Gasteiger partial charge in [0.05, 0.1) is 5.54 Å². The number of nitrogens with zero attached hydrogens (tertiary/aromatic N) is 2. The van der Waals surface area contributed by atoms with E-state index in [2.05, 4.69) is 21.9 Å². The highest BCUT2D eigenvalue weighted by Crippen LogP contribution is 2.69. The van der Waals surface area contributed by atoms with Crippen molar-refractivity contribution in [3.05, 3.63) is 17.7 Å². The molecule has 0 radical (unpaired) electrons. The van der Waals surface area contributed by atoms with Crippen molar-refractivity contribution >= 4 is 5.69 Å². The topological polar surface area (TPSA) is 24.9 Å². The Bertz CT molecular complexity index is 729. The zero-order valence-corrected chi connectivity index (χ0v) is 14.1. The maximum atomic E-state index is 5.71. The van der Waals surface area contributed by atoms with E-state index in [1.54, 1.807) is 5.56 Å². The first-order chi connectivity index (χ1) is 11.8. The second-order valence-corrected chi connectivity index (χ2v) is 8.90. The molecule has 4 nitrogen and oxygen atoms in total. The number of piperidine rings is 3. The minimum Gasteiger partial charge on any atom is -0.454 e. The van der Waals surface area contributed by atoms with Gasteiger partial charge in [-0.2, -0.15) is 0 Å². The molecule has 0 aromatic heterocycles. The Labute approximate surface area is 142 Å². The summed E-state index contributed by atoms with van der Waals surface area (Å²) in [7, 11) is 0. The molecule has 0 unspecified atom stereocenters. The van der Waals surface area contributed by atoms with Gasteiger partial charge in [-0.05, 0) is 68.7 Å². The van der Waals surface area contributed by atoms with Crippen molar-refractivity contribution in [1.82, 2.24) is 4.90 Å². The maximum Gasteiger partial charge on any atom is 0.231 e. The van der Waals surface area contributed by atoms with Crippen LogP contribution in [0.3, 0.4) is 0 Å². The zero-order chi connectivity index (χ0) is 15.5. The van der Waals surface area contributed by atoms with E-state index in [1.807, 2.05) is 0 Å². The predicted molar refractivity (Wildman–Crippen MR) is 90.9 cm³/mol. The van der Waals surface area contributed by atoms with Gasteiger partial charge >= 0.3 is 0 Å². The summed E-state index contributed by atoms with van der Waals surface area (Å²) in [4.78, 5) is 5.70. The molecule has 5 aliphatic heterocycles. The lowest BCUT2D eigenvalue weighted by molar-refractivity contribution is -0.0452. The van der Waals surface area contributed by atoms with Crippen LogP contribution >= 0.6 is 0 Å². The molecule has 126 valence electrons. The van der Waals surface area contributed by atoms with Gasteiger partial charge in [0.1, 0.15) is 0 Å². The molecule has 7 rings (SSSR count). The summed E-state index contributed by atoms with van der Waals surface area (Å²) < 4.78 is 11.4. The third-order valence-electron chi connectivity index (χ3n) is 8.39. The van der Waals surface area contributed by atoms with Gasteiger partial charge in [0.2, 0.25) is 6.79 Å². The lowest BCUT2D eigenvalue weighted by atomic mass is 9.62. The van der Waals surface area contributed by atoms with E-state index < -0.39 is 0 Å². The number of fused-ring (bicyclic) bond motifs is 4. The molecule has 24 heavy (non-hydrogen) atoms. The third-order valence-corrected chi connectivity index (χ3v) is 8.39. The van der Waals surface area contributed by atoms with E-state index in [4.69, 9.17) is 9.47 Å². The largest absolute Gasteiger partial charge is 0.454 e. The van der Waals surface area contributed by atoms with E-state index in [9.17, 15) is 0 Å². The molecule has 6 aliphatic rings. The van der Waals surface area contributed by atoms with E-state index >= 15 is 0 Å². The summed E-state index contributed by atoms with van der Waals surface area (Å²) in [5.41, 5.74) is 4.01. The highest BCUT2D eigenvalue weighted by Gasteiger charge is 2.71. The second-order valence-electron chi connectivity index (χ2n) is 8.90. The summed E-state index contributed by atoms with van der Waals surface area (Å²) in [5, 5.41) is 0. The molecule has 1 spiro atoms. The van der Waals surface area contributed by atoms with Crippen LogP contribution in [-0.4, -0.2) is 42.9 Å². The van der Waals surface area contributed by atoms with Crippen LogP contribution < -0.4 is 14.4 Å². The van der Waals surface area contributed by atoms with Gasteiger partial charge in [0.15, 0.2) is 11.5 Å². The average Bonchev–Trinajstić information content (AvgIpc) is 3.24. The minimum atomic E-state index is 0.369. The number of hydrogen-bond donors (Lipinski definition) is 0. The lowest BCUT2D eigenvalue weighted by Gasteiger charge is -2.62. The SMILES string of the molecule is c1c2c(cc3c1[C@@H]1CCN4CCC[C@@]56CCN3[C@@]1(CC5)[C@@H]46)OCO2. The molecule has 3 saturated heterocycles. The first kappa shape index (κ1) is 12.9. The number of anilines is 1. The molecule has 0 amide bonds. The standard InChI is InChI=1S/C20H24N2O2/c1-3-19-4-5-20-14(2-8-21(7-1)18(19)20)13-10-16-17(24-12-23-16)11-15(13)22(20)9-6-19/h10-11,14,18H,1-9,12H2/t14-,18-,19-,20+/m0/s1. The molecule has 1 aliphatic carbocycles. The fraction of sp³-hybridized carbons (Fsp3) is 0.700. The summed E-state index contributed by atoms with van der Waals surface area (Å²) >= 11 is 0. The van der Waals surface area contributed by atoms with Gasteiger partial charge in [0, 0.05) is 30.3 Å². The van der Waals surface area contributed by atoms with Crippen LogP contribution in [0.2, 0.25) is 0 Å². The van der Waals surface area contributed by atoms with Crippen molar-refractivity contribution in [2.24, 2.45) is 5.41 Å². The van der Waals surface area contributed by atoms with Crippen LogP contribution in [0.25, 0.3) is 0 Å². The molecule has 1 aromatic rings. The summed E-state index contributed by atoms with van der Waals surface area (Å²) in [5.74, 6) is 2.63. The number of benzene rings is 1. The van der Waals surface area contributed by atoms with Gasteiger partial charge in [0.25, 0.3) is 0 Å². The first-order valence-corrected chi connectivity index (χ1v) is 9.77. The molecule has 2 bridgehead atoms. The Morgan fingerprint density at radius 1 is 0.958 bits per heavy atom. The van der Waals surface area contributed by atoms with Crippen LogP contribution in [0, 0.1) is 5.41 Å². The normalized spacial score (nSPS) is 43.8. The number of ether oxygens (including phenoxy) is 2. The second kappa shape index (κ2) is 3.87. The van der Waals surface area contributed by atoms with E-state index in [0.29, 0.717) is 23.7 Å². The molecular weight excluding hydrogens is 300 g/mol. The van der Waals surface area contributed by atoms with Gasteiger partial charge in [-0.15, -0.1) is 0 Å². The molecule has 4 fully saturated rings. The van der Waals surface area contributed by atoms with Crippen molar-refractivity contribution < 1.29 is 9.47 Å². The average molecular weight is 324 g/mol. The highest BCUT2D eigenvalue weighted by molar-refractivity contribution is 5.72. The lowest BCUT2D eigenvalue weighted by Crippen LogP contribution is -2.71. The predicted octanol–water partition coefficient (Wildman–Crippen LogP) is 3.11.